The Labute approximate surface area is 105 Å². The van der Waals surface area contributed by atoms with Crippen molar-refractivity contribution in [3.05, 3.63) is 0 Å². The first kappa shape index (κ1) is 13.3. The maximum atomic E-state index is 5.65. The number of hydrogen-bond acceptors (Lipinski definition) is 3. The molecular weight excluding hydrogens is 214 g/mol. The lowest BCUT2D eigenvalue weighted by Crippen LogP contribution is -2.62. The summed E-state index contributed by atoms with van der Waals surface area (Å²) in [5, 5.41) is 3.74. The van der Waals surface area contributed by atoms with Gasteiger partial charge in [0.05, 0.1) is 12.2 Å². The third-order valence-corrected chi connectivity index (χ3v) is 4.49. The summed E-state index contributed by atoms with van der Waals surface area (Å²) < 4.78 is 11.2. The average Bonchev–Trinajstić information content (AvgIpc) is 2.81. The van der Waals surface area contributed by atoms with Crippen LogP contribution in [0.2, 0.25) is 0 Å². The molecule has 2 fully saturated rings. The standard InChI is InChI=1S/C14H27NO2/c1-4-17-13-9-12(14(13)16-3)15-10(2)11-7-5-6-8-11/h10-15H,4-9H2,1-3H3/t10-,12?,13?,14?/m0/s1. The van der Waals surface area contributed by atoms with E-state index in [9.17, 15) is 0 Å². The van der Waals surface area contributed by atoms with E-state index in [-0.39, 0.29) is 6.10 Å². The zero-order chi connectivity index (χ0) is 12.3. The highest BCUT2D eigenvalue weighted by Gasteiger charge is 2.43. The van der Waals surface area contributed by atoms with Gasteiger partial charge in [0.2, 0.25) is 0 Å². The van der Waals surface area contributed by atoms with Crippen LogP contribution in [0.5, 0.6) is 0 Å². The van der Waals surface area contributed by atoms with E-state index in [2.05, 4.69) is 19.2 Å². The van der Waals surface area contributed by atoms with Crippen molar-refractivity contribution in [2.75, 3.05) is 13.7 Å². The monoisotopic (exact) mass is 241 g/mol. The van der Waals surface area contributed by atoms with E-state index in [0.29, 0.717) is 18.2 Å². The Kier molecular flexibility index (Phi) is 4.83. The molecule has 0 bridgehead atoms. The quantitative estimate of drug-likeness (QED) is 0.774. The zero-order valence-electron chi connectivity index (χ0n) is 11.4. The first-order valence-corrected chi connectivity index (χ1v) is 7.16. The Morgan fingerprint density at radius 1 is 1.29 bits per heavy atom. The molecule has 0 aromatic rings. The van der Waals surface area contributed by atoms with Crippen LogP contribution in [0.4, 0.5) is 0 Å². The van der Waals surface area contributed by atoms with Crippen molar-refractivity contribution in [3.8, 4) is 0 Å². The molecule has 3 unspecified atom stereocenters. The molecular formula is C14H27NO2. The molecule has 17 heavy (non-hydrogen) atoms. The molecule has 0 amide bonds. The summed E-state index contributed by atoms with van der Waals surface area (Å²) in [6, 6.07) is 1.12. The second kappa shape index (κ2) is 6.17. The molecule has 2 aliphatic carbocycles. The molecule has 100 valence electrons. The average molecular weight is 241 g/mol. The molecule has 0 spiro atoms. The van der Waals surface area contributed by atoms with E-state index >= 15 is 0 Å². The van der Waals surface area contributed by atoms with Gasteiger partial charge >= 0.3 is 0 Å². The fourth-order valence-electron chi connectivity index (χ4n) is 3.37. The van der Waals surface area contributed by atoms with Crippen LogP contribution in [0.1, 0.15) is 46.0 Å². The fraction of sp³-hybridized carbons (Fsp3) is 1.00. The summed E-state index contributed by atoms with van der Waals surface area (Å²) in [7, 11) is 1.80. The van der Waals surface area contributed by atoms with E-state index in [1.807, 2.05) is 0 Å². The lowest BCUT2D eigenvalue weighted by molar-refractivity contribution is -0.133. The first-order chi connectivity index (χ1) is 8.26. The first-order valence-electron chi connectivity index (χ1n) is 7.16. The number of ether oxygens (including phenoxy) is 2. The van der Waals surface area contributed by atoms with Crippen LogP contribution >= 0.6 is 0 Å². The largest absolute Gasteiger partial charge is 0.377 e. The topological polar surface area (TPSA) is 30.5 Å². The van der Waals surface area contributed by atoms with Gasteiger partial charge < -0.3 is 14.8 Å². The van der Waals surface area contributed by atoms with Crippen molar-refractivity contribution in [2.24, 2.45) is 5.92 Å². The predicted molar refractivity (Wildman–Crippen MR) is 69.2 cm³/mol. The van der Waals surface area contributed by atoms with Gasteiger partial charge in [-0.2, -0.15) is 0 Å². The highest BCUT2D eigenvalue weighted by molar-refractivity contribution is 4.98. The number of methoxy groups -OCH3 is 1. The second-order valence-electron chi connectivity index (χ2n) is 5.54. The van der Waals surface area contributed by atoms with Crippen LogP contribution < -0.4 is 5.32 Å². The van der Waals surface area contributed by atoms with Crippen LogP contribution in [0, 0.1) is 5.92 Å². The molecule has 2 saturated carbocycles. The molecule has 3 nitrogen and oxygen atoms in total. The SMILES string of the molecule is CCOC1CC(N[C@@H](C)C2CCCC2)C1OC. The minimum atomic E-state index is 0.249. The molecule has 0 radical (unpaired) electrons. The molecule has 0 saturated heterocycles. The second-order valence-corrected chi connectivity index (χ2v) is 5.54. The number of hydrogen-bond donors (Lipinski definition) is 1. The summed E-state index contributed by atoms with van der Waals surface area (Å²) in [5.74, 6) is 0.874. The highest BCUT2D eigenvalue weighted by Crippen LogP contribution is 2.31. The van der Waals surface area contributed by atoms with Crippen molar-refractivity contribution in [2.45, 2.75) is 70.2 Å². The zero-order valence-corrected chi connectivity index (χ0v) is 11.4. The lowest BCUT2D eigenvalue weighted by atomic mass is 9.83. The van der Waals surface area contributed by atoms with Crippen molar-refractivity contribution < 1.29 is 9.47 Å². The summed E-state index contributed by atoms with van der Waals surface area (Å²) in [6.45, 7) is 5.17. The number of nitrogens with one attached hydrogen (secondary N) is 1. The van der Waals surface area contributed by atoms with Crippen LogP contribution in [-0.4, -0.2) is 38.0 Å². The van der Waals surface area contributed by atoms with Gasteiger partial charge in [-0.3, -0.25) is 0 Å². The summed E-state index contributed by atoms with van der Waals surface area (Å²) in [5.41, 5.74) is 0. The van der Waals surface area contributed by atoms with Crippen LogP contribution in [0.15, 0.2) is 0 Å². The summed E-state index contributed by atoms with van der Waals surface area (Å²) in [4.78, 5) is 0. The predicted octanol–water partition coefficient (Wildman–Crippen LogP) is 2.35. The van der Waals surface area contributed by atoms with Crippen molar-refractivity contribution in [3.63, 3.8) is 0 Å². The lowest BCUT2D eigenvalue weighted by Gasteiger charge is -2.45. The summed E-state index contributed by atoms with van der Waals surface area (Å²) >= 11 is 0. The van der Waals surface area contributed by atoms with Gasteiger partial charge in [-0.05, 0) is 39.0 Å². The van der Waals surface area contributed by atoms with E-state index < -0.39 is 0 Å². The van der Waals surface area contributed by atoms with E-state index in [0.717, 1.165) is 18.9 Å². The van der Waals surface area contributed by atoms with E-state index in [4.69, 9.17) is 9.47 Å². The molecule has 2 rings (SSSR count). The van der Waals surface area contributed by atoms with Gasteiger partial charge in [0, 0.05) is 25.8 Å². The maximum absolute atomic E-state index is 5.65. The molecule has 0 aromatic heterocycles. The Hall–Kier alpha value is -0.120. The van der Waals surface area contributed by atoms with Gasteiger partial charge in [0.1, 0.15) is 0 Å². The minimum Gasteiger partial charge on any atom is -0.377 e. The van der Waals surface area contributed by atoms with Gasteiger partial charge in [-0.1, -0.05) is 12.8 Å². The third kappa shape index (κ3) is 3.01. The highest BCUT2D eigenvalue weighted by atomic mass is 16.5. The van der Waals surface area contributed by atoms with Gasteiger partial charge in [0.15, 0.2) is 0 Å². The Morgan fingerprint density at radius 2 is 2.00 bits per heavy atom. The molecule has 0 heterocycles. The van der Waals surface area contributed by atoms with Gasteiger partial charge in [0.25, 0.3) is 0 Å². The normalized spacial score (nSPS) is 35.8. The Bertz CT molecular complexity index is 228. The Balaban J connectivity index is 1.75. The molecule has 3 heteroatoms. The van der Waals surface area contributed by atoms with Crippen LogP contribution in [-0.2, 0) is 9.47 Å². The van der Waals surface area contributed by atoms with Gasteiger partial charge in [-0.15, -0.1) is 0 Å². The van der Waals surface area contributed by atoms with Crippen molar-refractivity contribution >= 4 is 0 Å². The van der Waals surface area contributed by atoms with E-state index in [1.165, 1.54) is 25.7 Å². The number of rotatable bonds is 6. The molecule has 1 N–H and O–H groups in total. The maximum Gasteiger partial charge on any atom is 0.0986 e. The summed E-state index contributed by atoms with van der Waals surface area (Å²) in [6.07, 6.45) is 7.27. The van der Waals surface area contributed by atoms with E-state index in [1.54, 1.807) is 7.11 Å². The third-order valence-electron chi connectivity index (χ3n) is 4.49. The van der Waals surface area contributed by atoms with Crippen LogP contribution in [0.25, 0.3) is 0 Å². The van der Waals surface area contributed by atoms with Crippen molar-refractivity contribution in [1.29, 1.82) is 0 Å². The smallest absolute Gasteiger partial charge is 0.0986 e. The molecule has 2 aliphatic rings. The fourth-order valence-corrected chi connectivity index (χ4v) is 3.37. The van der Waals surface area contributed by atoms with Crippen LogP contribution in [0.3, 0.4) is 0 Å². The van der Waals surface area contributed by atoms with Crippen molar-refractivity contribution in [1.82, 2.24) is 5.32 Å². The Morgan fingerprint density at radius 3 is 2.59 bits per heavy atom. The minimum absolute atomic E-state index is 0.249. The molecule has 0 aliphatic heterocycles. The molecule has 0 aromatic carbocycles. The van der Waals surface area contributed by atoms with Gasteiger partial charge in [-0.25, -0.2) is 0 Å². The molecule has 4 atom stereocenters.